The lowest BCUT2D eigenvalue weighted by atomic mass is 10.1. The van der Waals surface area contributed by atoms with Crippen LogP contribution in [-0.4, -0.2) is 18.3 Å². The van der Waals surface area contributed by atoms with Crippen LogP contribution in [0.15, 0.2) is 53.4 Å². The van der Waals surface area contributed by atoms with Gasteiger partial charge in [0.1, 0.15) is 5.75 Å². The number of rotatable bonds is 6. The summed E-state index contributed by atoms with van der Waals surface area (Å²) in [5.41, 5.74) is 1.89. The van der Waals surface area contributed by atoms with E-state index in [0.29, 0.717) is 0 Å². The van der Waals surface area contributed by atoms with Crippen LogP contribution >= 0.6 is 11.8 Å². The average molecular weight is 315 g/mol. The number of aryl methyl sites for hydroxylation is 1. The van der Waals surface area contributed by atoms with Gasteiger partial charge in [0, 0.05) is 10.6 Å². The first-order chi connectivity index (χ1) is 10.6. The normalized spacial score (nSPS) is 11.8. The Morgan fingerprint density at radius 2 is 2.00 bits per heavy atom. The number of hydrogen-bond donors (Lipinski definition) is 1. The first kappa shape index (κ1) is 16.4. The molecule has 1 N–H and O–H groups in total. The molecule has 0 aliphatic carbocycles. The number of para-hydroxylation sites is 1. The average Bonchev–Trinajstić information content (AvgIpc) is 2.55. The van der Waals surface area contributed by atoms with Crippen LogP contribution in [-0.2, 0) is 11.2 Å². The van der Waals surface area contributed by atoms with E-state index in [1.54, 1.807) is 18.7 Å². The molecule has 3 nitrogen and oxygen atoms in total. The molecule has 0 radical (unpaired) electrons. The molecule has 2 aromatic carbocycles. The predicted octanol–water partition coefficient (Wildman–Crippen LogP) is 4.38. The summed E-state index contributed by atoms with van der Waals surface area (Å²) in [6, 6.07) is 15.6. The SMILES string of the molecule is CCc1ccccc1O[C@H](C)C(=O)Nc1cccc(SC)c1. The van der Waals surface area contributed by atoms with E-state index in [-0.39, 0.29) is 5.91 Å². The minimum atomic E-state index is -0.550. The number of nitrogens with one attached hydrogen (secondary N) is 1. The van der Waals surface area contributed by atoms with Crippen LogP contribution in [0.3, 0.4) is 0 Å². The van der Waals surface area contributed by atoms with Crippen molar-refractivity contribution in [3.63, 3.8) is 0 Å². The topological polar surface area (TPSA) is 38.3 Å². The maximum atomic E-state index is 12.3. The fourth-order valence-electron chi connectivity index (χ4n) is 2.10. The van der Waals surface area contributed by atoms with Crippen LogP contribution in [0.25, 0.3) is 0 Å². The Balaban J connectivity index is 2.02. The number of benzene rings is 2. The number of thioether (sulfide) groups is 1. The van der Waals surface area contributed by atoms with Crippen molar-refractivity contribution < 1.29 is 9.53 Å². The summed E-state index contributed by atoms with van der Waals surface area (Å²) in [4.78, 5) is 13.4. The molecule has 0 fully saturated rings. The van der Waals surface area contributed by atoms with Gasteiger partial charge < -0.3 is 10.1 Å². The first-order valence-corrected chi connectivity index (χ1v) is 8.56. The summed E-state index contributed by atoms with van der Waals surface area (Å²) in [5, 5.41) is 2.90. The van der Waals surface area contributed by atoms with Gasteiger partial charge in [-0.2, -0.15) is 0 Å². The second-order valence-corrected chi connectivity index (χ2v) is 5.82. The summed E-state index contributed by atoms with van der Waals surface area (Å²) < 4.78 is 5.81. The van der Waals surface area contributed by atoms with Crippen LogP contribution < -0.4 is 10.1 Å². The third kappa shape index (κ3) is 4.28. The van der Waals surface area contributed by atoms with Crippen molar-refractivity contribution in [2.24, 2.45) is 0 Å². The Labute approximate surface area is 136 Å². The van der Waals surface area contributed by atoms with E-state index >= 15 is 0 Å². The lowest BCUT2D eigenvalue weighted by Crippen LogP contribution is -2.30. The standard InChI is InChI=1S/C18H21NO2S/c1-4-14-8-5-6-11-17(14)21-13(2)18(20)19-15-9-7-10-16(12-15)22-3/h5-13H,4H2,1-3H3,(H,19,20)/t13-/m1/s1. The molecule has 2 rings (SSSR count). The van der Waals surface area contributed by atoms with Crippen molar-refractivity contribution in [2.75, 3.05) is 11.6 Å². The summed E-state index contributed by atoms with van der Waals surface area (Å²) >= 11 is 1.64. The molecule has 116 valence electrons. The van der Waals surface area contributed by atoms with Crippen LogP contribution in [0, 0.1) is 0 Å². The number of ether oxygens (including phenoxy) is 1. The molecule has 0 heterocycles. The molecule has 1 amide bonds. The Kier molecular flexibility index (Phi) is 5.90. The molecule has 0 aromatic heterocycles. The fourth-order valence-corrected chi connectivity index (χ4v) is 2.56. The molecule has 2 aromatic rings. The predicted molar refractivity (Wildman–Crippen MR) is 92.8 cm³/mol. The minimum absolute atomic E-state index is 0.149. The van der Waals surface area contributed by atoms with Crippen molar-refractivity contribution in [1.82, 2.24) is 0 Å². The Morgan fingerprint density at radius 3 is 2.73 bits per heavy atom. The largest absolute Gasteiger partial charge is 0.481 e. The first-order valence-electron chi connectivity index (χ1n) is 7.33. The molecule has 0 spiro atoms. The van der Waals surface area contributed by atoms with Crippen molar-refractivity contribution in [3.05, 3.63) is 54.1 Å². The molecule has 4 heteroatoms. The smallest absolute Gasteiger partial charge is 0.265 e. The van der Waals surface area contributed by atoms with E-state index in [1.807, 2.05) is 54.8 Å². The van der Waals surface area contributed by atoms with Crippen LogP contribution in [0.4, 0.5) is 5.69 Å². The highest BCUT2D eigenvalue weighted by Gasteiger charge is 2.16. The Morgan fingerprint density at radius 1 is 1.23 bits per heavy atom. The molecule has 0 bridgehead atoms. The van der Waals surface area contributed by atoms with Crippen molar-refractivity contribution >= 4 is 23.4 Å². The monoisotopic (exact) mass is 315 g/mol. The number of carbonyl (C=O) groups is 1. The summed E-state index contributed by atoms with van der Waals surface area (Å²) in [5.74, 6) is 0.620. The number of hydrogen-bond acceptors (Lipinski definition) is 3. The van der Waals surface area contributed by atoms with Gasteiger partial charge in [0.15, 0.2) is 6.10 Å². The third-order valence-electron chi connectivity index (χ3n) is 3.36. The van der Waals surface area contributed by atoms with Gasteiger partial charge in [0.2, 0.25) is 0 Å². The minimum Gasteiger partial charge on any atom is -0.481 e. The summed E-state index contributed by atoms with van der Waals surface area (Å²) in [6.45, 7) is 3.83. The summed E-state index contributed by atoms with van der Waals surface area (Å²) in [6.07, 6.45) is 2.33. The maximum Gasteiger partial charge on any atom is 0.265 e. The lowest BCUT2D eigenvalue weighted by molar-refractivity contribution is -0.122. The molecule has 0 unspecified atom stereocenters. The molecule has 0 aliphatic rings. The van der Waals surface area contributed by atoms with Crippen LogP contribution in [0.2, 0.25) is 0 Å². The van der Waals surface area contributed by atoms with Gasteiger partial charge in [-0.3, -0.25) is 4.79 Å². The van der Waals surface area contributed by atoms with Gasteiger partial charge in [-0.1, -0.05) is 31.2 Å². The maximum absolute atomic E-state index is 12.3. The van der Waals surface area contributed by atoms with Gasteiger partial charge in [0.25, 0.3) is 5.91 Å². The zero-order valence-corrected chi connectivity index (χ0v) is 13.9. The van der Waals surface area contributed by atoms with Gasteiger partial charge in [0.05, 0.1) is 0 Å². The molecule has 0 aliphatic heterocycles. The summed E-state index contributed by atoms with van der Waals surface area (Å²) in [7, 11) is 0. The van der Waals surface area contributed by atoms with E-state index in [1.165, 1.54) is 0 Å². The molecule has 0 saturated heterocycles. The Bertz CT molecular complexity index is 642. The zero-order chi connectivity index (χ0) is 15.9. The Hall–Kier alpha value is -1.94. The van der Waals surface area contributed by atoms with Gasteiger partial charge in [-0.05, 0) is 49.4 Å². The van der Waals surface area contributed by atoms with E-state index < -0.39 is 6.10 Å². The third-order valence-corrected chi connectivity index (χ3v) is 4.09. The molecule has 1 atom stereocenters. The zero-order valence-electron chi connectivity index (χ0n) is 13.1. The van der Waals surface area contributed by atoms with Crippen molar-refractivity contribution in [1.29, 1.82) is 0 Å². The van der Waals surface area contributed by atoms with Gasteiger partial charge in [-0.25, -0.2) is 0 Å². The molecule has 0 saturated carbocycles. The quantitative estimate of drug-likeness (QED) is 0.804. The number of anilines is 1. The van der Waals surface area contributed by atoms with Gasteiger partial charge >= 0.3 is 0 Å². The van der Waals surface area contributed by atoms with E-state index in [9.17, 15) is 4.79 Å². The number of carbonyl (C=O) groups excluding carboxylic acids is 1. The van der Waals surface area contributed by atoms with Crippen molar-refractivity contribution in [2.45, 2.75) is 31.3 Å². The van der Waals surface area contributed by atoms with Crippen LogP contribution in [0.5, 0.6) is 5.75 Å². The highest BCUT2D eigenvalue weighted by Crippen LogP contribution is 2.21. The van der Waals surface area contributed by atoms with E-state index in [4.69, 9.17) is 4.74 Å². The fraction of sp³-hybridized carbons (Fsp3) is 0.278. The van der Waals surface area contributed by atoms with Crippen LogP contribution in [0.1, 0.15) is 19.4 Å². The molecular weight excluding hydrogens is 294 g/mol. The van der Waals surface area contributed by atoms with E-state index in [2.05, 4.69) is 12.2 Å². The van der Waals surface area contributed by atoms with Crippen molar-refractivity contribution in [3.8, 4) is 5.75 Å². The van der Waals surface area contributed by atoms with Gasteiger partial charge in [-0.15, -0.1) is 11.8 Å². The second kappa shape index (κ2) is 7.90. The van der Waals surface area contributed by atoms with E-state index in [0.717, 1.165) is 28.3 Å². The lowest BCUT2D eigenvalue weighted by Gasteiger charge is -2.17. The molecular formula is C18H21NO2S. The highest BCUT2D eigenvalue weighted by molar-refractivity contribution is 7.98. The molecule has 22 heavy (non-hydrogen) atoms. The second-order valence-electron chi connectivity index (χ2n) is 4.94. The highest BCUT2D eigenvalue weighted by atomic mass is 32.2. The number of amides is 1.